The normalized spacial score (nSPS) is 12.1. The van der Waals surface area contributed by atoms with Gasteiger partial charge in [0.1, 0.15) is 11.6 Å². The van der Waals surface area contributed by atoms with Gasteiger partial charge in [-0.05, 0) is 42.5 Å². The van der Waals surface area contributed by atoms with Gasteiger partial charge in [0.15, 0.2) is 0 Å². The highest BCUT2D eigenvalue weighted by Gasteiger charge is 2.21. The first-order valence-electron chi connectivity index (χ1n) is 6.68. The summed E-state index contributed by atoms with van der Waals surface area (Å²) < 4.78 is 26.5. The molecule has 2 rings (SSSR count). The number of rotatable bonds is 5. The van der Waals surface area contributed by atoms with Crippen molar-refractivity contribution < 1.29 is 18.7 Å². The zero-order valence-electron chi connectivity index (χ0n) is 11.6. The van der Waals surface area contributed by atoms with E-state index in [1.807, 2.05) is 31.2 Å². The molecular weight excluding hydrogens is 274 g/mol. The predicted molar refractivity (Wildman–Crippen MR) is 76.1 cm³/mol. The topological polar surface area (TPSA) is 37.3 Å². The first-order valence-corrected chi connectivity index (χ1v) is 6.68. The van der Waals surface area contributed by atoms with E-state index in [1.165, 1.54) is 6.07 Å². The van der Waals surface area contributed by atoms with Crippen LogP contribution in [-0.4, -0.2) is 11.1 Å². The number of benzene rings is 2. The molecule has 0 saturated carbocycles. The summed E-state index contributed by atoms with van der Waals surface area (Å²) in [4.78, 5) is 11.4. The van der Waals surface area contributed by atoms with Gasteiger partial charge >= 0.3 is 5.97 Å². The van der Waals surface area contributed by atoms with Gasteiger partial charge in [-0.3, -0.25) is 4.79 Å². The van der Waals surface area contributed by atoms with Crippen molar-refractivity contribution in [2.75, 3.05) is 0 Å². The Balaban J connectivity index is 2.20. The van der Waals surface area contributed by atoms with E-state index in [2.05, 4.69) is 0 Å². The summed E-state index contributed by atoms with van der Waals surface area (Å²) >= 11 is 0. The van der Waals surface area contributed by atoms with Crippen LogP contribution in [0.5, 0.6) is 0 Å². The van der Waals surface area contributed by atoms with Gasteiger partial charge in [-0.2, -0.15) is 0 Å². The van der Waals surface area contributed by atoms with Crippen LogP contribution in [-0.2, 0) is 17.6 Å². The fourth-order valence-electron chi connectivity index (χ4n) is 2.30. The predicted octanol–water partition coefficient (Wildman–Crippen LogP) is 3.76. The van der Waals surface area contributed by atoms with Crippen LogP contribution in [0.3, 0.4) is 0 Å². The Morgan fingerprint density at radius 2 is 1.76 bits per heavy atom. The molecule has 0 radical (unpaired) electrons. The van der Waals surface area contributed by atoms with E-state index in [1.54, 1.807) is 0 Å². The first-order chi connectivity index (χ1) is 9.97. The number of hydrogen-bond acceptors (Lipinski definition) is 1. The average molecular weight is 290 g/mol. The van der Waals surface area contributed by atoms with E-state index in [-0.39, 0.29) is 12.0 Å². The van der Waals surface area contributed by atoms with Crippen molar-refractivity contribution in [2.45, 2.75) is 19.8 Å². The van der Waals surface area contributed by atoms with E-state index < -0.39 is 23.5 Å². The number of halogens is 2. The summed E-state index contributed by atoms with van der Waals surface area (Å²) in [5.41, 5.74) is 2.15. The Bertz CT molecular complexity index is 653. The Hall–Kier alpha value is -2.23. The number of aryl methyl sites for hydroxylation is 1. The first kappa shape index (κ1) is 15.2. The molecule has 0 aromatic heterocycles. The van der Waals surface area contributed by atoms with Gasteiger partial charge in [-0.1, -0.05) is 30.3 Å². The maximum Gasteiger partial charge on any atom is 0.307 e. The van der Waals surface area contributed by atoms with E-state index in [9.17, 15) is 18.7 Å². The molecule has 1 unspecified atom stereocenters. The van der Waals surface area contributed by atoms with Gasteiger partial charge in [0.25, 0.3) is 0 Å². The van der Waals surface area contributed by atoms with Gasteiger partial charge < -0.3 is 5.11 Å². The minimum Gasteiger partial charge on any atom is -0.481 e. The summed E-state index contributed by atoms with van der Waals surface area (Å²) in [6.07, 6.45) is 0.356. The molecule has 2 aromatic carbocycles. The molecule has 1 atom stereocenters. The smallest absolute Gasteiger partial charge is 0.307 e. The summed E-state index contributed by atoms with van der Waals surface area (Å²) in [5.74, 6) is -3.10. The molecular formula is C17H16F2O2. The molecule has 0 aliphatic rings. The van der Waals surface area contributed by atoms with Crippen LogP contribution in [0.2, 0.25) is 0 Å². The highest BCUT2D eigenvalue weighted by molar-refractivity contribution is 5.71. The quantitative estimate of drug-likeness (QED) is 0.910. The number of carboxylic acid groups (broad SMARTS) is 1. The monoisotopic (exact) mass is 290 g/mol. The zero-order chi connectivity index (χ0) is 15.4. The highest BCUT2D eigenvalue weighted by atomic mass is 19.1. The molecule has 110 valence electrons. The second-order valence-corrected chi connectivity index (χ2v) is 5.11. The van der Waals surface area contributed by atoms with Crippen LogP contribution in [0.15, 0.2) is 42.5 Å². The Kier molecular flexibility index (Phi) is 4.68. The Morgan fingerprint density at radius 1 is 1.10 bits per heavy atom. The molecule has 0 heterocycles. The minimum atomic E-state index is -0.984. The molecule has 0 fully saturated rings. The van der Waals surface area contributed by atoms with Crippen molar-refractivity contribution in [3.05, 3.63) is 70.8 Å². The third kappa shape index (κ3) is 3.88. The highest BCUT2D eigenvalue weighted by Crippen LogP contribution is 2.20. The van der Waals surface area contributed by atoms with Gasteiger partial charge in [0.2, 0.25) is 0 Å². The van der Waals surface area contributed by atoms with Crippen LogP contribution in [0.1, 0.15) is 16.7 Å². The van der Waals surface area contributed by atoms with Crippen LogP contribution in [0, 0.1) is 24.5 Å². The molecule has 1 N–H and O–H groups in total. The standard InChI is InChI=1S/C17H16F2O2/c1-11-4-2-3-5-12(11)8-14(17(20)21)9-13-6-7-15(18)10-16(13)19/h2-7,10,14H,8-9H2,1H3,(H,20,21). The van der Waals surface area contributed by atoms with Crippen LogP contribution in [0.25, 0.3) is 0 Å². The molecule has 0 bridgehead atoms. The molecule has 4 heteroatoms. The van der Waals surface area contributed by atoms with Crippen molar-refractivity contribution in [3.8, 4) is 0 Å². The van der Waals surface area contributed by atoms with Gasteiger partial charge in [-0.15, -0.1) is 0 Å². The summed E-state index contributed by atoms with van der Waals surface area (Å²) in [6, 6.07) is 10.7. The van der Waals surface area contributed by atoms with Gasteiger partial charge in [0.05, 0.1) is 5.92 Å². The maximum absolute atomic E-state index is 13.7. The van der Waals surface area contributed by atoms with E-state index in [0.29, 0.717) is 6.42 Å². The van der Waals surface area contributed by atoms with E-state index >= 15 is 0 Å². The largest absolute Gasteiger partial charge is 0.481 e. The SMILES string of the molecule is Cc1ccccc1CC(Cc1ccc(F)cc1F)C(=O)O. The summed E-state index contributed by atoms with van der Waals surface area (Å²) in [6.45, 7) is 1.91. The van der Waals surface area contributed by atoms with Crippen LogP contribution < -0.4 is 0 Å². The van der Waals surface area contributed by atoms with Gasteiger partial charge in [-0.25, -0.2) is 8.78 Å². The number of carboxylic acids is 1. The fraction of sp³-hybridized carbons (Fsp3) is 0.235. The van der Waals surface area contributed by atoms with Gasteiger partial charge in [0, 0.05) is 6.07 Å². The second-order valence-electron chi connectivity index (χ2n) is 5.11. The zero-order valence-corrected chi connectivity index (χ0v) is 11.6. The fourth-order valence-corrected chi connectivity index (χ4v) is 2.30. The Labute approximate surface area is 122 Å². The number of carbonyl (C=O) groups is 1. The molecule has 0 aliphatic carbocycles. The van der Waals surface area contributed by atoms with E-state index in [4.69, 9.17) is 0 Å². The molecule has 2 aromatic rings. The van der Waals surface area contributed by atoms with Crippen molar-refractivity contribution in [1.29, 1.82) is 0 Å². The van der Waals surface area contributed by atoms with Crippen molar-refractivity contribution in [3.63, 3.8) is 0 Å². The lowest BCUT2D eigenvalue weighted by Crippen LogP contribution is -2.20. The molecule has 0 spiro atoms. The average Bonchev–Trinajstić information content (AvgIpc) is 2.42. The second kappa shape index (κ2) is 6.48. The van der Waals surface area contributed by atoms with Crippen LogP contribution >= 0.6 is 0 Å². The van der Waals surface area contributed by atoms with Crippen molar-refractivity contribution in [1.82, 2.24) is 0 Å². The maximum atomic E-state index is 13.7. The molecule has 0 saturated heterocycles. The van der Waals surface area contributed by atoms with Crippen LogP contribution in [0.4, 0.5) is 8.78 Å². The Morgan fingerprint density at radius 3 is 2.38 bits per heavy atom. The summed E-state index contributed by atoms with van der Waals surface area (Å²) in [7, 11) is 0. The lowest BCUT2D eigenvalue weighted by Gasteiger charge is -2.14. The third-order valence-electron chi connectivity index (χ3n) is 3.56. The lowest BCUT2D eigenvalue weighted by atomic mass is 9.90. The molecule has 0 aliphatic heterocycles. The van der Waals surface area contributed by atoms with Crippen molar-refractivity contribution >= 4 is 5.97 Å². The molecule has 2 nitrogen and oxygen atoms in total. The lowest BCUT2D eigenvalue weighted by molar-refractivity contribution is -0.141. The van der Waals surface area contributed by atoms with Crippen molar-refractivity contribution in [2.24, 2.45) is 5.92 Å². The number of aliphatic carboxylic acids is 1. The summed E-state index contributed by atoms with van der Waals surface area (Å²) in [5, 5.41) is 9.34. The molecule has 0 amide bonds. The third-order valence-corrected chi connectivity index (χ3v) is 3.56. The van der Waals surface area contributed by atoms with E-state index in [0.717, 1.165) is 23.3 Å². The number of hydrogen-bond donors (Lipinski definition) is 1. The minimum absolute atomic E-state index is 0.0375. The molecule has 21 heavy (non-hydrogen) atoms.